The van der Waals surface area contributed by atoms with Crippen LogP contribution >= 0.6 is 0 Å². The summed E-state index contributed by atoms with van der Waals surface area (Å²) in [5.74, 6) is 0.755. The lowest BCUT2D eigenvalue weighted by Crippen LogP contribution is -2.35. The molecule has 1 aromatic carbocycles. The molecule has 30 heavy (non-hydrogen) atoms. The number of hydrogen-bond acceptors (Lipinski definition) is 3. The van der Waals surface area contributed by atoms with Crippen LogP contribution in [0.3, 0.4) is 0 Å². The molecule has 2 saturated heterocycles. The zero-order chi connectivity index (χ0) is 20.6. The van der Waals surface area contributed by atoms with E-state index in [1.807, 2.05) is 34.1 Å². The second-order valence-corrected chi connectivity index (χ2v) is 9.55. The van der Waals surface area contributed by atoms with E-state index in [0.29, 0.717) is 23.9 Å². The van der Waals surface area contributed by atoms with Crippen molar-refractivity contribution in [2.75, 3.05) is 26.2 Å². The van der Waals surface area contributed by atoms with Gasteiger partial charge in [0.05, 0.1) is 5.52 Å². The molecule has 1 spiro atoms. The van der Waals surface area contributed by atoms with Gasteiger partial charge in [0.25, 0.3) is 5.91 Å². The largest absolute Gasteiger partial charge is 0.343 e. The Labute approximate surface area is 178 Å². The number of likely N-dealkylation sites (tertiary alicyclic amines) is 2. The zero-order valence-electron chi connectivity index (χ0n) is 17.7. The Morgan fingerprint density at radius 3 is 2.60 bits per heavy atom. The number of fused-ring (bicyclic) bond motifs is 1. The minimum Gasteiger partial charge on any atom is -0.343 e. The third kappa shape index (κ3) is 3.50. The van der Waals surface area contributed by atoms with Gasteiger partial charge in [0, 0.05) is 38.0 Å². The first kappa shape index (κ1) is 19.6. The fourth-order valence-electron chi connectivity index (χ4n) is 6.11. The molecule has 3 fully saturated rings. The van der Waals surface area contributed by atoms with Crippen molar-refractivity contribution in [2.45, 2.75) is 57.8 Å². The van der Waals surface area contributed by atoms with Gasteiger partial charge < -0.3 is 9.80 Å². The fourth-order valence-corrected chi connectivity index (χ4v) is 6.11. The molecule has 6 heteroatoms. The topological polar surface area (TPSA) is 69.3 Å². The maximum Gasteiger partial charge on any atom is 0.275 e. The van der Waals surface area contributed by atoms with Gasteiger partial charge in [0.1, 0.15) is 0 Å². The van der Waals surface area contributed by atoms with Crippen LogP contribution in [0.2, 0.25) is 0 Å². The predicted octanol–water partition coefficient (Wildman–Crippen LogP) is 3.99. The van der Waals surface area contributed by atoms with Gasteiger partial charge in [-0.2, -0.15) is 5.10 Å². The first-order valence-electron chi connectivity index (χ1n) is 11.7. The molecule has 0 radical (unpaired) electrons. The molecule has 3 aliphatic rings. The summed E-state index contributed by atoms with van der Waals surface area (Å²) < 4.78 is 0. The van der Waals surface area contributed by atoms with E-state index in [1.165, 1.54) is 32.1 Å². The van der Waals surface area contributed by atoms with Gasteiger partial charge in [-0.3, -0.25) is 14.7 Å². The molecule has 1 atom stereocenters. The Hall–Kier alpha value is -2.37. The Morgan fingerprint density at radius 1 is 1.03 bits per heavy atom. The number of H-pyrrole nitrogens is 1. The van der Waals surface area contributed by atoms with Crippen molar-refractivity contribution in [3.05, 3.63) is 30.0 Å². The average Bonchev–Trinajstić information content (AvgIpc) is 3.51. The molecule has 2 amide bonds. The average molecular weight is 409 g/mol. The van der Waals surface area contributed by atoms with Crippen LogP contribution in [0.25, 0.3) is 10.9 Å². The Kier molecular flexibility index (Phi) is 5.25. The lowest BCUT2D eigenvalue weighted by Gasteiger charge is -2.38. The summed E-state index contributed by atoms with van der Waals surface area (Å²) >= 11 is 0. The SMILES string of the molecule is O=C(CCC1CN(C(=O)c2n[nH]c3ccccc23)CC12CCCCC2)N1CCCC1. The van der Waals surface area contributed by atoms with Crippen LogP contribution in [0.5, 0.6) is 0 Å². The van der Waals surface area contributed by atoms with E-state index >= 15 is 0 Å². The number of rotatable bonds is 4. The molecule has 2 aliphatic heterocycles. The van der Waals surface area contributed by atoms with Crippen LogP contribution in [0.15, 0.2) is 24.3 Å². The number of aromatic nitrogens is 2. The maximum atomic E-state index is 13.4. The summed E-state index contributed by atoms with van der Waals surface area (Å²) in [7, 11) is 0. The van der Waals surface area contributed by atoms with E-state index in [4.69, 9.17) is 0 Å². The molecular formula is C24H32N4O2. The van der Waals surface area contributed by atoms with Crippen LogP contribution < -0.4 is 0 Å². The molecule has 1 aromatic heterocycles. The van der Waals surface area contributed by atoms with Gasteiger partial charge >= 0.3 is 0 Å². The van der Waals surface area contributed by atoms with E-state index < -0.39 is 0 Å². The third-order valence-electron chi connectivity index (χ3n) is 7.79. The molecule has 5 rings (SSSR count). The fraction of sp³-hybridized carbons (Fsp3) is 0.625. The standard InChI is InChI=1S/C24H32N4O2/c29-21(27-14-6-7-15-27)11-10-18-16-28(17-24(18)12-4-1-5-13-24)23(30)22-19-8-2-3-9-20(19)25-26-22/h2-3,8-9,18H,1,4-7,10-17H2,(H,25,26). The second-order valence-electron chi connectivity index (χ2n) is 9.55. The van der Waals surface area contributed by atoms with Gasteiger partial charge in [0.2, 0.25) is 5.91 Å². The normalized spacial score (nSPS) is 23.5. The van der Waals surface area contributed by atoms with Crippen LogP contribution in [0.1, 0.15) is 68.3 Å². The van der Waals surface area contributed by atoms with Gasteiger partial charge in [-0.05, 0) is 49.5 Å². The lowest BCUT2D eigenvalue weighted by atomic mass is 9.66. The van der Waals surface area contributed by atoms with E-state index in [1.54, 1.807) is 0 Å². The number of para-hydroxylation sites is 1. The minimum atomic E-state index is 0.0331. The molecule has 0 bridgehead atoms. The Balaban J connectivity index is 1.33. The highest BCUT2D eigenvalue weighted by Gasteiger charge is 2.48. The van der Waals surface area contributed by atoms with E-state index in [0.717, 1.165) is 56.3 Å². The quantitative estimate of drug-likeness (QED) is 0.832. The molecule has 1 unspecified atom stereocenters. The molecule has 2 aromatic rings. The van der Waals surface area contributed by atoms with Gasteiger partial charge in [-0.15, -0.1) is 0 Å². The minimum absolute atomic E-state index is 0.0331. The summed E-state index contributed by atoms with van der Waals surface area (Å²) in [6.07, 6.45) is 9.94. The summed E-state index contributed by atoms with van der Waals surface area (Å²) in [5.41, 5.74) is 1.62. The lowest BCUT2D eigenvalue weighted by molar-refractivity contribution is -0.130. The number of hydrogen-bond donors (Lipinski definition) is 1. The highest BCUT2D eigenvalue weighted by molar-refractivity contribution is 6.04. The van der Waals surface area contributed by atoms with Crippen LogP contribution in [-0.2, 0) is 4.79 Å². The van der Waals surface area contributed by atoms with Crippen molar-refractivity contribution in [2.24, 2.45) is 11.3 Å². The van der Waals surface area contributed by atoms with Crippen molar-refractivity contribution < 1.29 is 9.59 Å². The molecular weight excluding hydrogens is 376 g/mol. The highest BCUT2D eigenvalue weighted by atomic mass is 16.2. The van der Waals surface area contributed by atoms with Crippen LogP contribution in [0.4, 0.5) is 0 Å². The number of carbonyl (C=O) groups is 2. The number of aromatic amines is 1. The monoisotopic (exact) mass is 408 g/mol. The van der Waals surface area contributed by atoms with Gasteiger partial charge in [0.15, 0.2) is 5.69 Å². The summed E-state index contributed by atoms with van der Waals surface area (Å²) in [6.45, 7) is 3.42. The number of benzene rings is 1. The summed E-state index contributed by atoms with van der Waals surface area (Å²) in [4.78, 5) is 30.1. The molecule has 1 saturated carbocycles. The molecule has 1 aliphatic carbocycles. The van der Waals surface area contributed by atoms with Crippen LogP contribution in [0, 0.1) is 11.3 Å². The van der Waals surface area contributed by atoms with E-state index in [-0.39, 0.29) is 11.3 Å². The number of carbonyl (C=O) groups excluding carboxylic acids is 2. The Morgan fingerprint density at radius 2 is 1.80 bits per heavy atom. The smallest absolute Gasteiger partial charge is 0.275 e. The van der Waals surface area contributed by atoms with E-state index in [2.05, 4.69) is 10.2 Å². The number of nitrogens with zero attached hydrogens (tertiary/aromatic N) is 3. The van der Waals surface area contributed by atoms with Gasteiger partial charge in [-0.1, -0.05) is 37.5 Å². The number of amides is 2. The predicted molar refractivity (Wildman–Crippen MR) is 116 cm³/mol. The molecule has 3 heterocycles. The van der Waals surface area contributed by atoms with Crippen molar-refractivity contribution in [1.82, 2.24) is 20.0 Å². The molecule has 6 nitrogen and oxygen atoms in total. The summed E-state index contributed by atoms with van der Waals surface area (Å²) in [6, 6.07) is 7.83. The Bertz CT molecular complexity index is 924. The number of nitrogens with one attached hydrogen (secondary N) is 1. The highest BCUT2D eigenvalue weighted by Crippen LogP contribution is 2.49. The van der Waals surface area contributed by atoms with E-state index in [9.17, 15) is 9.59 Å². The molecule has 160 valence electrons. The summed E-state index contributed by atoms with van der Waals surface area (Å²) in [5, 5.41) is 8.24. The van der Waals surface area contributed by atoms with Gasteiger partial charge in [-0.25, -0.2) is 0 Å². The zero-order valence-corrected chi connectivity index (χ0v) is 17.7. The second kappa shape index (κ2) is 8.05. The van der Waals surface area contributed by atoms with Crippen molar-refractivity contribution in [3.8, 4) is 0 Å². The van der Waals surface area contributed by atoms with Crippen LogP contribution in [-0.4, -0.2) is 58.0 Å². The maximum absolute atomic E-state index is 13.4. The van der Waals surface area contributed by atoms with Crippen molar-refractivity contribution in [3.63, 3.8) is 0 Å². The van der Waals surface area contributed by atoms with Crippen molar-refractivity contribution >= 4 is 22.7 Å². The first-order valence-corrected chi connectivity index (χ1v) is 11.7. The third-order valence-corrected chi connectivity index (χ3v) is 7.79. The first-order chi connectivity index (χ1) is 14.7. The molecule has 1 N–H and O–H groups in total. The van der Waals surface area contributed by atoms with Crippen molar-refractivity contribution in [1.29, 1.82) is 0 Å².